The van der Waals surface area contributed by atoms with E-state index in [2.05, 4.69) is 10.3 Å². The highest BCUT2D eigenvalue weighted by atomic mass is 32.2. The fraction of sp³-hybridized carbons (Fsp3) is 0.118. The summed E-state index contributed by atoms with van der Waals surface area (Å²) >= 11 is 1.11. The standard InChI is InChI=1S/C17H15N3O2S/c18-17-20-15(21)10-14(23-17)16(22)19-13-8-6-12(7-9-13)11-4-2-1-3-5-11/h1-9,14H,10H2,(H,19,22)(H2,18,20,21)/t14-/m0/s1. The molecule has 0 spiro atoms. The molecule has 6 heteroatoms. The van der Waals surface area contributed by atoms with Crippen LogP contribution in [0, 0.1) is 0 Å². The highest BCUT2D eigenvalue weighted by Crippen LogP contribution is 2.24. The van der Waals surface area contributed by atoms with Gasteiger partial charge in [0, 0.05) is 5.69 Å². The van der Waals surface area contributed by atoms with E-state index in [9.17, 15) is 9.59 Å². The van der Waals surface area contributed by atoms with Crippen molar-refractivity contribution in [3.8, 4) is 11.1 Å². The number of rotatable bonds is 3. The first kappa shape index (κ1) is 15.3. The Hall–Kier alpha value is -2.60. The molecule has 0 aromatic heterocycles. The van der Waals surface area contributed by atoms with Crippen LogP contribution in [0.15, 0.2) is 59.6 Å². The van der Waals surface area contributed by atoms with E-state index in [-0.39, 0.29) is 23.4 Å². The summed E-state index contributed by atoms with van der Waals surface area (Å²) in [7, 11) is 0. The number of nitrogens with one attached hydrogen (secondary N) is 1. The number of anilines is 1. The number of carbonyl (C=O) groups excluding carboxylic acids is 2. The lowest BCUT2D eigenvalue weighted by Gasteiger charge is -2.17. The minimum absolute atomic E-state index is 0.0687. The second-order valence-corrected chi connectivity index (χ2v) is 6.31. The van der Waals surface area contributed by atoms with E-state index in [1.165, 1.54) is 0 Å². The van der Waals surface area contributed by atoms with Crippen molar-refractivity contribution in [3.05, 3.63) is 54.6 Å². The highest BCUT2D eigenvalue weighted by Gasteiger charge is 2.27. The Morgan fingerprint density at radius 1 is 1.09 bits per heavy atom. The van der Waals surface area contributed by atoms with Gasteiger partial charge in [-0.05, 0) is 23.3 Å². The number of hydrogen-bond acceptors (Lipinski definition) is 4. The molecule has 1 aliphatic rings. The monoisotopic (exact) mass is 325 g/mol. The van der Waals surface area contributed by atoms with E-state index in [4.69, 9.17) is 5.73 Å². The molecule has 2 aromatic rings. The molecule has 0 saturated heterocycles. The van der Waals surface area contributed by atoms with Crippen LogP contribution >= 0.6 is 11.8 Å². The van der Waals surface area contributed by atoms with Crippen molar-refractivity contribution in [1.82, 2.24) is 0 Å². The van der Waals surface area contributed by atoms with Crippen LogP contribution in [0.2, 0.25) is 0 Å². The molecule has 0 radical (unpaired) electrons. The third-order valence-electron chi connectivity index (χ3n) is 3.41. The van der Waals surface area contributed by atoms with Gasteiger partial charge in [-0.2, -0.15) is 4.99 Å². The number of hydrogen-bond donors (Lipinski definition) is 2. The average Bonchev–Trinajstić information content (AvgIpc) is 2.55. The lowest BCUT2D eigenvalue weighted by Crippen LogP contribution is -2.33. The van der Waals surface area contributed by atoms with Gasteiger partial charge in [0.2, 0.25) is 11.8 Å². The van der Waals surface area contributed by atoms with Gasteiger partial charge in [0.15, 0.2) is 5.17 Å². The summed E-state index contributed by atoms with van der Waals surface area (Å²) in [6, 6.07) is 17.6. The van der Waals surface area contributed by atoms with Crippen LogP contribution in [0.1, 0.15) is 6.42 Å². The maximum Gasteiger partial charge on any atom is 0.249 e. The third-order valence-corrected chi connectivity index (χ3v) is 4.41. The van der Waals surface area contributed by atoms with Crippen LogP contribution in [0.5, 0.6) is 0 Å². The first-order chi connectivity index (χ1) is 11.1. The summed E-state index contributed by atoms with van der Waals surface area (Å²) in [6.45, 7) is 0. The van der Waals surface area contributed by atoms with Gasteiger partial charge in [-0.1, -0.05) is 54.2 Å². The normalized spacial score (nSPS) is 17.5. The first-order valence-electron chi connectivity index (χ1n) is 7.12. The molecule has 2 aromatic carbocycles. The Morgan fingerprint density at radius 2 is 1.74 bits per heavy atom. The Balaban J connectivity index is 1.68. The molecule has 116 valence electrons. The van der Waals surface area contributed by atoms with E-state index in [0.29, 0.717) is 5.69 Å². The average molecular weight is 325 g/mol. The number of carbonyl (C=O) groups is 2. The minimum Gasteiger partial charge on any atom is -0.378 e. The smallest absolute Gasteiger partial charge is 0.249 e. The van der Waals surface area contributed by atoms with Gasteiger partial charge >= 0.3 is 0 Å². The van der Waals surface area contributed by atoms with Crippen LogP contribution in [0.25, 0.3) is 11.1 Å². The van der Waals surface area contributed by atoms with E-state index >= 15 is 0 Å². The Labute approximate surface area is 138 Å². The van der Waals surface area contributed by atoms with Crippen molar-refractivity contribution >= 4 is 34.4 Å². The molecule has 2 amide bonds. The number of amides is 2. The maximum atomic E-state index is 12.2. The summed E-state index contributed by atoms with van der Waals surface area (Å²) in [5.74, 6) is -0.602. The van der Waals surface area contributed by atoms with Crippen molar-refractivity contribution in [1.29, 1.82) is 0 Å². The van der Waals surface area contributed by atoms with Gasteiger partial charge in [-0.25, -0.2) is 0 Å². The molecule has 3 rings (SSSR count). The van der Waals surface area contributed by atoms with Crippen molar-refractivity contribution < 1.29 is 9.59 Å². The maximum absolute atomic E-state index is 12.2. The topological polar surface area (TPSA) is 84.5 Å². The highest BCUT2D eigenvalue weighted by molar-refractivity contribution is 8.15. The van der Waals surface area contributed by atoms with E-state index in [1.807, 2.05) is 54.6 Å². The van der Waals surface area contributed by atoms with Crippen molar-refractivity contribution in [2.24, 2.45) is 10.7 Å². The Bertz CT molecular complexity index is 757. The predicted molar refractivity (Wildman–Crippen MR) is 93.1 cm³/mol. The summed E-state index contributed by atoms with van der Waals surface area (Å²) in [5.41, 5.74) is 8.41. The molecule has 0 bridgehead atoms. The molecule has 3 N–H and O–H groups in total. The molecule has 1 heterocycles. The molecule has 23 heavy (non-hydrogen) atoms. The Morgan fingerprint density at radius 3 is 2.39 bits per heavy atom. The molecule has 0 aliphatic carbocycles. The fourth-order valence-corrected chi connectivity index (χ4v) is 3.12. The van der Waals surface area contributed by atoms with Gasteiger partial charge in [0.25, 0.3) is 0 Å². The SMILES string of the molecule is NC1=NC(=O)C[C@@H](C(=O)Nc2ccc(-c3ccccc3)cc2)S1. The number of aliphatic imine (C=N–C) groups is 1. The van der Waals surface area contributed by atoms with E-state index in [1.54, 1.807) is 0 Å². The van der Waals surface area contributed by atoms with Gasteiger partial charge in [-0.15, -0.1) is 0 Å². The summed E-state index contributed by atoms with van der Waals surface area (Å²) < 4.78 is 0. The lowest BCUT2D eigenvalue weighted by atomic mass is 10.1. The number of thioether (sulfide) groups is 1. The molecule has 0 saturated carbocycles. The summed E-state index contributed by atoms with van der Waals surface area (Å²) in [5, 5.41) is 2.42. The molecule has 1 atom stereocenters. The lowest BCUT2D eigenvalue weighted by molar-refractivity contribution is -0.121. The van der Waals surface area contributed by atoms with Crippen LogP contribution in [-0.2, 0) is 9.59 Å². The quantitative estimate of drug-likeness (QED) is 0.908. The van der Waals surface area contributed by atoms with Gasteiger partial charge in [-0.3, -0.25) is 9.59 Å². The summed E-state index contributed by atoms with van der Waals surface area (Å²) in [4.78, 5) is 27.2. The zero-order valence-electron chi connectivity index (χ0n) is 12.2. The minimum atomic E-state index is -0.534. The Kier molecular flexibility index (Phi) is 4.43. The fourth-order valence-electron chi connectivity index (χ4n) is 2.29. The number of benzene rings is 2. The molecule has 1 aliphatic heterocycles. The van der Waals surface area contributed by atoms with Gasteiger partial charge < -0.3 is 11.1 Å². The number of amidine groups is 1. The molecular formula is C17H15N3O2S. The summed E-state index contributed by atoms with van der Waals surface area (Å²) in [6.07, 6.45) is 0.0687. The van der Waals surface area contributed by atoms with Crippen molar-refractivity contribution in [2.45, 2.75) is 11.7 Å². The van der Waals surface area contributed by atoms with Crippen molar-refractivity contribution in [2.75, 3.05) is 5.32 Å². The molecule has 0 fully saturated rings. The molecular weight excluding hydrogens is 310 g/mol. The van der Waals surface area contributed by atoms with Crippen LogP contribution in [0.4, 0.5) is 5.69 Å². The zero-order chi connectivity index (χ0) is 16.2. The van der Waals surface area contributed by atoms with Crippen LogP contribution in [-0.4, -0.2) is 22.2 Å². The van der Waals surface area contributed by atoms with E-state index in [0.717, 1.165) is 22.9 Å². The van der Waals surface area contributed by atoms with Crippen molar-refractivity contribution in [3.63, 3.8) is 0 Å². The second-order valence-electron chi connectivity index (χ2n) is 5.09. The van der Waals surface area contributed by atoms with Crippen LogP contribution < -0.4 is 11.1 Å². The largest absolute Gasteiger partial charge is 0.378 e. The molecule has 0 unspecified atom stereocenters. The van der Waals surface area contributed by atoms with Crippen LogP contribution in [0.3, 0.4) is 0 Å². The predicted octanol–water partition coefficient (Wildman–Crippen LogP) is 2.64. The number of nitrogens with zero attached hydrogens (tertiary/aromatic N) is 1. The van der Waals surface area contributed by atoms with Gasteiger partial charge in [0.1, 0.15) is 5.25 Å². The second kappa shape index (κ2) is 6.66. The third kappa shape index (κ3) is 3.78. The van der Waals surface area contributed by atoms with E-state index < -0.39 is 5.25 Å². The first-order valence-corrected chi connectivity index (χ1v) is 8.00. The number of nitrogens with two attached hydrogens (primary N) is 1. The van der Waals surface area contributed by atoms with Gasteiger partial charge in [0.05, 0.1) is 6.42 Å². The molecule has 5 nitrogen and oxygen atoms in total. The zero-order valence-corrected chi connectivity index (χ0v) is 13.0.